The normalized spacial score (nSPS) is 15.0. The fraction of sp³-hybridized carbons (Fsp3) is 1.00. The summed E-state index contributed by atoms with van der Waals surface area (Å²) in [6, 6.07) is 0. The van der Waals surface area contributed by atoms with Crippen LogP contribution in [0, 0.1) is 17.3 Å². The highest BCUT2D eigenvalue weighted by Gasteiger charge is 2.30. The van der Waals surface area contributed by atoms with E-state index in [-0.39, 0.29) is 11.5 Å². The monoisotopic (exact) mass is 214 g/mol. The summed E-state index contributed by atoms with van der Waals surface area (Å²) in [7, 11) is 0. The van der Waals surface area contributed by atoms with E-state index in [9.17, 15) is 5.11 Å². The van der Waals surface area contributed by atoms with Crippen molar-refractivity contribution in [3.8, 4) is 0 Å². The van der Waals surface area contributed by atoms with Crippen LogP contribution < -0.4 is 0 Å². The van der Waals surface area contributed by atoms with E-state index in [0.717, 1.165) is 18.8 Å². The van der Waals surface area contributed by atoms with Gasteiger partial charge in [-0.1, -0.05) is 60.8 Å². The van der Waals surface area contributed by atoms with Crippen molar-refractivity contribution in [1.82, 2.24) is 0 Å². The number of hydrogen-bond acceptors (Lipinski definition) is 1. The minimum absolute atomic E-state index is 0.0534. The first-order valence-corrected chi connectivity index (χ1v) is 6.46. The molecule has 0 fully saturated rings. The van der Waals surface area contributed by atoms with Crippen LogP contribution in [-0.2, 0) is 0 Å². The summed E-state index contributed by atoms with van der Waals surface area (Å²) in [5.74, 6) is 1.33. The Bertz CT molecular complexity index is 159. The second kappa shape index (κ2) is 6.52. The Morgan fingerprint density at radius 3 is 1.80 bits per heavy atom. The van der Waals surface area contributed by atoms with E-state index in [1.54, 1.807) is 0 Å². The van der Waals surface area contributed by atoms with Crippen molar-refractivity contribution in [2.45, 2.75) is 73.3 Å². The van der Waals surface area contributed by atoms with E-state index in [1.807, 2.05) is 0 Å². The molecule has 0 aliphatic rings. The molecule has 0 aromatic carbocycles. The van der Waals surface area contributed by atoms with Gasteiger partial charge in [0.1, 0.15) is 0 Å². The molecule has 0 aliphatic heterocycles. The second-order valence-electron chi connectivity index (χ2n) is 6.17. The van der Waals surface area contributed by atoms with Gasteiger partial charge in [0.05, 0.1) is 6.10 Å². The van der Waals surface area contributed by atoms with Crippen LogP contribution in [0.2, 0.25) is 0 Å². The first-order valence-electron chi connectivity index (χ1n) is 6.46. The molecule has 0 bridgehead atoms. The van der Waals surface area contributed by atoms with Gasteiger partial charge >= 0.3 is 0 Å². The molecule has 1 heteroatoms. The van der Waals surface area contributed by atoms with Gasteiger partial charge in [-0.3, -0.25) is 0 Å². The van der Waals surface area contributed by atoms with Crippen molar-refractivity contribution in [2.75, 3.05) is 0 Å². The largest absolute Gasteiger partial charge is 0.393 e. The molecular weight excluding hydrogens is 184 g/mol. The molecular formula is C14H30O. The van der Waals surface area contributed by atoms with Crippen molar-refractivity contribution in [2.24, 2.45) is 17.3 Å². The Balaban J connectivity index is 3.78. The fourth-order valence-electron chi connectivity index (χ4n) is 1.65. The smallest absolute Gasteiger partial charge is 0.0593 e. The molecule has 0 aliphatic carbocycles. The van der Waals surface area contributed by atoms with Gasteiger partial charge < -0.3 is 5.11 Å². The lowest BCUT2D eigenvalue weighted by Crippen LogP contribution is -2.34. The van der Waals surface area contributed by atoms with Gasteiger partial charge in [0.2, 0.25) is 0 Å². The number of aliphatic hydroxyl groups is 1. The standard InChI is InChI=1S/C14H30O/c1-11(2)9-7-8-10-13(15)14(5,6)12(3)4/h11-13,15H,7-10H2,1-6H3. The van der Waals surface area contributed by atoms with E-state index in [1.165, 1.54) is 12.8 Å². The Kier molecular flexibility index (Phi) is 6.51. The number of aliphatic hydroxyl groups excluding tert-OH is 1. The molecule has 15 heavy (non-hydrogen) atoms. The van der Waals surface area contributed by atoms with Gasteiger partial charge in [-0.2, -0.15) is 0 Å². The SMILES string of the molecule is CC(C)CCCCC(O)C(C)(C)C(C)C. The first-order chi connectivity index (χ1) is 6.78. The maximum atomic E-state index is 10.1. The van der Waals surface area contributed by atoms with E-state index in [2.05, 4.69) is 41.5 Å². The van der Waals surface area contributed by atoms with E-state index < -0.39 is 0 Å². The molecule has 0 radical (unpaired) electrons. The zero-order valence-electron chi connectivity index (χ0n) is 11.5. The average Bonchev–Trinajstić information content (AvgIpc) is 2.11. The molecule has 0 aromatic rings. The summed E-state index contributed by atoms with van der Waals surface area (Å²) in [6.07, 6.45) is 4.51. The van der Waals surface area contributed by atoms with Gasteiger partial charge in [0.15, 0.2) is 0 Å². The molecule has 0 saturated carbocycles. The van der Waals surface area contributed by atoms with Crippen LogP contribution in [0.3, 0.4) is 0 Å². The molecule has 1 N–H and O–H groups in total. The Hall–Kier alpha value is -0.0400. The van der Waals surface area contributed by atoms with E-state index >= 15 is 0 Å². The third kappa shape index (κ3) is 5.55. The molecule has 0 heterocycles. The summed E-state index contributed by atoms with van der Waals surface area (Å²) in [6.45, 7) is 13.2. The Morgan fingerprint density at radius 1 is 0.933 bits per heavy atom. The molecule has 0 aromatic heterocycles. The van der Waals surface area contributed by atoms with Gasteiger partial charge in [-0.25, -0.2) is 0 Å². The molecule has 0 amide bonds. The number of rotatable bonds is 7. The summed E-state index contributed by atoms with van der Waals surface area (Å²) < 4.78 is 0. The third-order valence-electron chi connectivity index (χ3n) is 3.86. The fourth-order valence-corrected chi connectivity index (χ4v) is 1.65. The summed E-state index contributed by atoms with van der Waals surface area (Å²) in [5.41, 5.74) is 0.0534. The van der Waals surface area contributed by atoms with Crippen LogP contribution in [0.1, 0.15) is 67.2 Å². The minimum Gasteiger partial charge on any atom is -0.393 e. The highest BCUT2D eigenvalue weighted by atomic mass is 16.3. The van der Waals surface area contributed by atoms with Crippen LogP contribution in [-0.4, -0.2) is 11.2 Å². The predicted molar refractivity (Wildman–Crippen MR) is 67.9 cm³/mol. The molecule has 1 nitrogen and oxygen atoms in total. The molecule has 0 rings (SSSR count). The van der Waals surface area contributed by atoms with Crippen molar-refractivity contribution in [1.29, 1.82) is 0 Å². The lowest BCUT2D eigenvalue weighted by atomic mass is 9.74. The maximum Gasteiger partial charge on any atom is 0.0593 e. The second-order valence-corrected chi connectivity index (χ2v) is 6.17. The van der Waals surface area contributed by atoms with Crippen LogP contribution in [0.4, 0.5) is 0 Å². The predicted octanol–water partition coefficient (Wildman–Crippen LogP) is 4.25. The lowest BCUT2D eigenvalue weighted by Gasteiger charge is -2.34. The zero-order valence-corrected chi connectivity index (χ0v) is 11.5. The van der Waals surface area contributed by atoms with Gasteiger partial charge in [-0.15, -0.1) is 0 Å². The summed E-state index contributed by atoms with van der Waals surface area (Å²) >= 11 is 0. The molecule has 0 spiro atoms. The summed E-state index contributed by atoms with van der Waals surface area (Å²) in [4.78, 5) is 0. The van der Waals surface area contributed by atoms with Crippen molar-refractivity contribution in [3.63, 3.8) is 0 Å². The van der Waals surface area contributed by atoms with Crippen molar-refractivity contribution >= 4 is 0 Å². The van der Waals surface area contributed by atoms with Crippen LogP contribution in [0.25, 0.3) is 0 Å². The molecule has 0 saturated heterocycles. The van der Waals surface area contributed by atoms with Crippen molar-refractivity contribution < 1.29 is 5.11 Å². The number of hydrogen-bond donors (Lipinski definition) is 1. The highest BCUT2D eigenvalue weighted by molar-refractivity contribution is 4.80. The van der Waals surface area contributed by atoms with Crippen LogP contribution >= 0.6 is 0 Å². The zero-order chi connectivity index (χ0) is 12.1. The lowest BCUT2D eigenvalue weighted by molar-refractivity contribution is 0.00958. The van der Waals surface area contributed by atoms with Gasteiger partial charge in [0.25, 0.3) is 0 Å². The quantitative estimate of drug-likeness (QED) is 0.628. The van der Waals surface area contributed by atoms with E-state index in [4.69, 9.17) is 0 Å². The Labute approximate surface area is 96.3 Å². The molecule has 1 atom stereocenters. The minimum atomic E-state index is -0.148. The third-order valence-corrected chi connectivity index (χ3v) is 3.86. The van der Waals surface area contributed by atoms with E-state index in [0.29, 0.717) is 5.92 Å². The van der Waals surface area contributed by atoms with Crippen molar-refractivity contribution in [3.05, 3.63) is 0 Å². The van der Waals surface area contributed by atoms with Gasteiger partial charge in [0, 0.05) is 0 Å². The highest BCUT2D eigenvalue weighted by Crippen LogP contribution is 2.32. The first kappa shape index (κ1) is 15.0. The Morgan fingerprint density at radius 2 is 1.40 bits per heavy atom. The van der Waals surface area contributed by atoms with Gasteiger partial charge in [-0.05, 0) is 23.7 Å². The number of unbranched alkanes of at least 4 members (excludes halogenated alkanes) is 1. The summed E-state index contributed by atoms with van der Waals surface area (Å²) in [5, 5.41) is 10.1. The topological polar surface area (TPSA) is 20.2 Å². The molecule has 1 unspecified atom stereocenters. The molecule has 92 valence electrons. The maximum absolute atomic E-state index is 10.1. The van der Waals surface area contributed by atoms with Crippen LogP contribution in [0.5, 0.6) is 0 Å². The van der Waals surface area contributed by atoms with Crippen LogP contribution in [0.15, 0.2) is 0 Å². The average molecular weight is 214 g/mol.